The van der Waals surface area contributed by atoms with Gasteiger partial charge >= 0.3 is 6.18 Å². The zero-order valence-corrected chi connectivity index (χ0v) is 13.0. The van der Waals surface area contributed by atoms with Crippen LogP contribution in [-0.4, -0.2) is 15.0 Å². The maximum atomic E-state index is 12.6. The van der Waals surface area contributed by atoms with Crippen molar-refractivity contribution in [2.45, 2.75) is 18.3 Å². The Bertz CT molecular complexity index is 743. The van der Waals surface area contributed by atoms with Gasteiger partial charge < -0.3 is 0 Å². The number of benzene rings is 2. The fourth-order valence-electron chi connectivity index (χ4n) is 2.10. The van der Waals surface area contributed by atoms with E-state index in [0.29, 0.717) is 11.1 Å². The van der Waals surface area contributed by atoms with Crippen LogP contribution in [0.2, 0.25) is 0 Å². The fourth-order valence-corrected chi connectivity index (χ4v) is 3.25. The molecule has 2 aromatic carbocycles. The molecule has 0 fully saturated rings. The maximum absolute atomic E-state index is 12.6. The van der Waals surface area contributed by atoms with Crippen molar-refractivity contribution in [1.29, 1.82) is 0 Å². The van der Waals surface area contributed by atoms with Crippen molar-refractivity contribution < 1.29 is 21.6 Å². The third-order valence-electron chi connectivity index (χ3n) is 3.19. The van der Waals surface area contributed by atoms with Crippen molar-refractivity contribution in [2.75, 3.05) is 6.54 Å². The molecule has 0 aliphatic rings. The molecule has 7 heteroatoms. The van der Waals surface area contributed by atoms with Gasteiger partial charge in [0, 0.05) is 6.54 Å². The zero-order valence-electron chi connectivity index (χ0n) is 12.2. The van der Waals surface area contributed by atoms with E-state index in [1.807, 2.05) is 0 Å². The van der Waals surface area contributed by atoms with Gasteiger partial charge in [-0.2, -0.15) is 13.2 Å². The van der Waals surface area contributed by atoms with Crippen LogP contribution in [0.1, 0.15) is 16.7 Å². The average molecular weight is 343 g/mol. The highest BCUT2D eigenvalue weighted by atomic mass is 32.2. The molecule has 0 atom stereocenters. The molecule has 3 nitrogen and oxygen atoms in total. The van der Waals surface area contributed by atoms with E-state index in [9.17, 15) is 21.6 Å². The van der Waals surface area contributed by atoms with Crippen molar-refractivity contribution in [3.05, 3.63) is 71.3 Å². The first-order chi connectivity index (χ1) is 10.8. The first-order valence-electron chi connectivity index (χ1n) is 6.94. The van der Waals surface area contributed by atoms with Gasteiger partial charge in [-0.05, 0) is 23.6 Å². The summed E-state index contributed by atoms with van der Waals surface area (Å²) < 4.78 is 64.1. The van der Waals surface area contributed by atoms with Crippen molar-refractivity contribution in [1.82, 2.24) is 4.72 Å². The molecule has 2 aromatic rings. The summed E-state index contributed by atoms with van der Waals surface area (Å²) in [5.41, 5.74) is 0.350. The highest BCUT2D eigenvalue weighted by Crippen LogP contribution is 2.29. The van der Waals surface area contributed by atoms with Gasteiger partial charge in [-0.25, -0.2) is 13.1 Å². The number of nitrogens with one attached hydrogen (secondary N) is 1. The molecule has 2 rings (SSSR count). The quantitative estimate of drug-likeness (QED) is 0.874. The third kappa shape index (κ3) is 5.69. The van der Waals surface area contributed by atoms with Crippen LogP contribution in [0, 0.1) is 0 Å². The minimum Gasteiger partial charge on any atom is -0.215 e. The second-order valence-electron chi connectivity index (χ2n) is 5.09. The average Bonchev–Trinajstić information content (AvgIpc) is 2.47. The molecule has 0 radical (unpaired) electrons. The highest BCUT2D eigenvalue weighted by molar-refractivity contribution is 7.88. The van der Waals surface area contributed by atoms with Gasteiger partial charge in [-0.3, -0.25) is 0 Å². The first-order valence-corrected chi connectivity index (χ1v) is 8.59. The van der Waals surface area contributed by atoms with Crippen LogP contribution in [0.3, 0.4) is 0 Å². The smallest absolute Gasteiger partial charge is 0.215 e. The summed E-state index contributed by atoms with van der Waals surface area (Å²) in [4.78, 5) is 0. The monoisotopic (exact) mass is 343 g/mol. The largest absolute Gasteiger partial charge is 0.416 e. The molecule has 0 saturated carbocycles. The summed E-state index contributed by atoms with van der Waals surface area (Å²) in [5.74, 6) is -0.156. The second-order valence-corrected chi connectivity index (χ2v) is 6.89. The normalized spacial score (nSPS) is 12.3. The lowest BCUT2D eigenvalue weighted by Gasteiger charge is -2.10. The van der Waals surface area contributed by atoms with Crippen molar-refractivity contribution in [3.8, 4) is 0 Å². The van der Waals surface area contributed by atoms with Crippen LogP contribution < -0.4 is 4.72 Å². The Balaban J connectivity index is 1.92. The van der Waals surface area contributed by atoms with Gasteiger partial charge in [0.1, 0.15) is 0 Å². The lowest BCUT2D eigenvalue weighted by atomic mass is 10.1. The van der Waals surface area contributed by atoms with Crippen molar-refractivity contribution >= 4 is 10.0 Å². The van der Waals surface area contributed by atoms with E-state index >= 15 is 0 Å². The van der Waals surface area contributed by atoms with Gasteiger partial charge in [0.15, 0.2) is 0 Å². The molecule has 0 spiro atoms. The van der Waals surface area contributed by atoms with Crippen molar-refractivity contribution in [2.24, 2.45) is 0 Å². The van der Waals surface area contributed by atoms with E-state index in [-0.39, 0.29) is 18.7 Å². The van der Waals surface area contributed by atoms with E-state index in [1.54, 1.807) is 36.4 Å². The van der Waals surface area contributed by atoms with E-state index in [1.165, 1.54) is 6.07 Å². The van der Waals surface area contributed by atoms with Crippen LogP contribution in [0.4, 0.5) is 13.2 Å². The Kier molecular flexibility index (Phi) is 5.43. The second kappa shape index (κ2) is 7.14. The lowest BCUT2D eigenvalue weighted by molar-refractivity contribution is -0.137. The number of alkyl halides is 3. The summed E-state index contributed by atoms with van der Waals surface area (Å²) in [6, 6.07) is 13.6. The summed E-state index contributed by atoms with van der Waals surface area (Å²) in [6.45, 7) is 0.0521. The predicted octanol–water partition coefficient (Wildman–Crippen LogP) is 3.37. The fraction of sp³-hybridized carbons (Fsp3) is 0.250. The SMILES string of the molecule is O=S(=O)(Cc1ccccc1)NCCc1cccc(C(F)(F)F)c1. The van der Waals surface area contributed by atoms with E-state index in [4.69, 9.17) is 0 Å². The molecule has 1 N–H and O–H groups in total. The topological polar surface area (TPSA) is 46.2 Å². The molecule has 0 bridgehead atoms. The summed E-state index contributed by atoms with van der Waals surface area (Å²) in [6.07, 6.45) is -4.21. The van der Waals surface area contributed by atoms with Crippen LogP contribution in [-0.2, 0) is 28.4 Å². The van der Waals surface area contributed by atoms with Gasteiger partial charge in [0.25, 0.3) is 0 Å². The minimum atomic E-state index is -4.40. The molecule has 0 aliphatic carbocycles. The summed E-state index contributed by atoms with van der Waals surface area (Å²) in [7, 11) is -3.52. The van der Waals surface area contributed by atoms with Gasteiger partial charge in [-0.15, -0.1) is 0 Å². The van der Waals surface area contributed by atoms with Gasteiger partial charge in [0.05, 0.1) is 11.3 Å². The number of hydrogen-bond acceptors (Lipinski definition) is 2. The first kappa shape index (κ1) is 17.5. The van der Waals surface area contributed by atoms with Gasteiger partial charge in [-0.1, -0.05) is 48.5 Å². The number of hydrogen-bond donors (Lipinski definition) is 1. The van der Waals surface area contributed by atoms with Gasteiger partial charge in [0.2, 0.25) is 10.0 Å². The Morgan fingerprint density at radius 3 is 2.22 bits per heavy atom. The molecule has 0 aliphatic heterocycles. The molecule has 0 amide bonds. The molecule has 0 unspecified atom stereocenters. The molecule has 124 valence electrons. The molecular weight excluding hydrogens is 327 g/mol. The zero-order chi connectivity index (χ0) is 16.9. The van der Waals surface area contributed by atoms with E-state index in [2.05, 4.69) is 4.72 Å². The Hall–Kier alpha value is -1.86. The number of halogens is 3. The third-order valence-corrected chi connectivity index (χ3v) is 4.55. The van der Waals surface area contributed by atoms with Crippen molar-refractivity contribution in [3.63, 3.8) is 0 Å². The maximum Gasteiger partial charge on any atom is 0.416 e. The Labute approximate surface area is 133 Å². The van der Waals surface area contributed by atoms with Crippen LogP contribution in [0.25, 0.3) is 0 Å². The Morgan fingerprint density at radius 1 is 0.913 bits per heavy atom. The van der Waals surface area contributed by atoms with E-state index < -0.39 is 21.8 Å². The van der Waals surface area contributed by atoms with Crippen LogP contribution >= 0.6 is 0 Å². The Morgan fingerprint density at radius 2 is 1.57 bits per heavy atom. The summed E-state index contributed by atoms with van der Waals surface area (Å²) >= 11 is 0. The predicted molar refractivity (Wildman–Crippen MR) is 82.2 cm³/mol. The molecule has 23 heavy (non-hydrogen) atoms. The highest BCUT2D eigenvalue weighted by Gasteiger charge is 2.30. The lowest BCUT2D eigenvalue weighted by Crippen LogP contribution is -2.27. The molecule has 0 saturated heterocycles. The van der Waals surface area contributed by atoms with Crippen LogP contribution in [0.15, 0.2) is 54.6 Å². The number of rotatable bonds is 6. The van der Waals surface area contributed by atoms with Crippen LogP contribution in [0.5, 0.6) is 0 Å². The van der Waals surface area contributed by atoms with E-state index in [0.717, 1.165) is 12.1 Å². The summed E-state index contributed by atoms with van der Waals surface area (Å²) in [5, 5.41) is 0. The molecule has 0 heterocycles. The minimum absolute atomic E-state index is 0.0521. The molecule has 0 aromatic heterocycles. The number of sulfonamides is 1. The molecular formula is C16H16F3NO2S. The standard InChI is InChI=1S/C16H16F3NO2S/c17-16(18,19)15-8-4-7-13(11-15)9-10-20-23(21,22)12-14-5-2-1-3-6-14/h1-8,11,20H,9-10,12H2.